The highest BCUT2D eigenvalue weighted by Gasteiger charge is 2.13. The predicted octanol–water partition coefficient (Wildman–Crippen LogP) is 2.47. The predicted molar refractivity (Wildman–Crippen MR) is 80.8 cm³/mol. The standard InChI is InChI=1S/C15H18N2O3S/c1-3-12-9-13(17(4-2)16-12)10-21(20)14-7-5-6-11(8-14)15(18)19/h5-9H,3-4,10H2,1-2H3,(H,18,19). The van der Waals surface area contributed by atoms with Gasteiger partial charge >= 0.3 is 5.97 Å². The first-order valence-corrected chi connectivity index (χ1v) is 8.14. The number of nitrogens with zero attached hydrogens (tertiary/aromatic N) is 2. The molecule has 0 aliphatic heterocycles. The number of aromatic carboxylic acids is 1. The van der Waals surface area contributed by atoms with Crippen LogP contribution in [-0.2, 0) is 29.5 Å². The average Bonchev–Trinajstić information content (AvgIpc) is 2.89. The van der Waals surface area contributed by atoms with Gasteiger partial charge in [0.05, 0.1) is 33.5 Å². The fraction of sp³-hybridized carbons (Fsp3) is 0.333. The summed E-state index contributed by atoms with van der Waals surface area (Å²) < 4.78 is 14.3. The zero-order chi connectivity index (χ0) is 15.4. The summed E-state index contributed by atoms with van der Waals surface area (Å²) in [4.78, 5) is 11.5. The number of hydrogen-bond acceptors (Lipinski definition) is 3. The molecule has 1 aromatic heterocycles. The Morgan fingerprint density at radius 2 is 2.10 bits per heavy atom. The Balaban J connectivity index is 2.23. The first-order chi connectivity index (χ1) is 10.0. The van der Waals surface area contributed by atoms with Gasteiger partial charge in [-0.15, -0.1) is 0 Å². The maximum atomic E-state index is 12.4. The Labute approximate surface area is 126 Å². The fourth-order valence-electron chi connectivity index (χ4n) is 2.07. The van der Waals surface area contributed by atoms with Gasteiger partial charge in [0.15, 0.2) is 0 Å². The average molecular weight is 306 g/mol. The van der Waals surface area contributed by atoms with E-state index in [4.69, 9.17) is 5.11 Å². The van der Waals surface area contributed by atoms with Crippen molar-refractivity contribution < 1.29 is 14.1 Å². The van der Waals surface area contributed by atoms with Crippen LogP contribution in [0.3, 0.4) is 0 Å². The van der Waals surface area contributed by atoms with Crippen molar-refractivity contribution in [2.24, 2.45) is 0 Å². The minimum atomic E-state index is -1.29. The molecular weight excluding hydrogens is 288 g/mol. The van der Waals surface area contributed by atoms with Crippen molar-refractivity contribution in [2.45, 2.75) is 37.5 Å². The molecule has 112 valence electrons. The molecule has 0 amide bonds. The number of carboxylic acids is 1. The van der Waals surface area contributed by atoms with Crippen LogP contribution in [0.5, 0.6) is 0 Å². The second-order valence-electron chi connectivity index (χ2n) is 4.62. The third kappa shape index (κ3) is 3.58. The summed E-state index contributed by atoms with van der Waals surface area (Å²) in [5.74, 6) is -0.676. The SMILES string of the molecule is CCc1cc(CS(=O)c2cccc(C(=O)O)c2)n(CC)n1. The summed E-state index contributed by atoms with van der Waals surface area (Å²) in [7, 11) is -1.29. The molecule has 0 fully saturated rings. The molecule has 1 unspecified atom stereocenters. The molecule has 1 N–H and O–H groups in total. The van der Waals surface area contributed by atoms with Crippen LogP contribution in [0.1, 0.15) is 35.6 Å². The third-order valence-corrected chi connectivity index (χ3v) is 4.54. The molecule has 1 aromatic carbocycles. The minimum absolute atomic E-state index is 0.152. The van der Waals surface area contributed by atoms with Gasteiger partial charge in [-0.3, -0.25) is 8.89 Å². The Hall–Kier alpha value is -1.95. The fourth-order valence-corrected chi connectivity index (χ4v) is 3.22. The highest BCUT2D eigenvalue weighted by Crippen LogP contribution is 2.15. The quantitative estimate of drug-likeness (QED) is 0.890. The number of aryl methyl sites for hydroxylation is 2. The maximum Gasteiger partial charge on any atom is 0.335 e. The molecular formula is C15H18N2O3S. The van der Waals surface area contributed by atoms with Gasteiger partial charge < -0.3 is 5.11 Å². The summed E-state index contributed by atoms with van der Waals surface area (Å²) in [5.41, 5.74) is 2.04. The van der Waals surface area contributed by atoms with E-state index in [0.29, 0.717) is 10.6 Å². The van der Waals surface area contributed by atoms with E-state index < -0.39 is 16.8 Å². The topological polar surface area (TPSA) is 72.2 Å². The van der Waals surface area contributed by atoms with Crippen molar-refractivity contribution in [3.05, 3.63) is 47.3 Å². The Morgan fingerprint density at radius 1 is 1.33 bits per heavy atom. The lowest BCUT2D eigenvalue weighted by molar-refractivity contribution is 0.0696. The number of hydrogen-bond donors (Lipinski definition) is 1. The van der Waals surface area contributed by atoms with E-state index in [9.17, 15) is 9.00 Å². The molecule has 0 saturated heterocycles. The maximum absolute atomic E-state index is 12.4. The smallest absolute Gasteiger partial charge is 0.335 e. The van der Waals surface area contributed by atoms with Crippen molar-refractivity contribution in [2.75, 3.05) is 0 Å². The molecule has 1 atom stereocenters. The molecule has 6 heteroatoms. The molecule has 2 rings (SSSR count). The van der Waals surface area contributed by atoms with Crippen LogP contribution in [0.15, 0.2) is 35.2 Å². The van der Waals surface area contributed by atoms with Crippen LogP contribution in [0, 0.1) is 0 Å². The Bertz CT molecular complexity index is 679. The van der Waals surface area contributed by atoms with Crippen LogP contribution in [0.25, 0.3) is 0 Å². The van der Waals surface area contributed by atoms with Gasteiger partial charge in [0.1, 0.15) is 0 Å². The van der Waals surface area contributed by atoms with Gasteiger partial charge in [0, 0.05) is 11.4 Å². The van der Waals surface area contributed by atoms with Crippen LogP contribution >= 0.6 is 0 Å². The van der Waals surface area contributed by atoms with Gasteiger partial charge in [-0.25, -0.2) is 4.79 Å². The number of aromatic nitrogens is 2. The first-order valence-electron chi connectivity index (χ1n) is 6.82. The van der Waals surface area contributed by atoms with Crippen molar-refractivity contribution >= 4 is 16.8 Å². The molecule has 0 bridgehead atoms. The molecule has 1 heterocycles. The van der Waals surface area contributed by atoms with Crippen LogP contribution in [-0.4, -0.2) is 25.1 Å². The van der Waals surface area contributed by atoms with Gasteiger partial charge in [-0.05, 0) is 37.6 Å². The van der Waals surface area contributed by atoms with Gasteiger partial charge in [0.25, 0.3) is 0 Å². The number of benzene rings is 1. The monoisotopic (exact) mass is 306 g/mol. The Kier molecular flexibility index (Phi) is 4.90. The zero-order valence-corrected chi connectivity index (χ0v) is 12.9. The second kappa shape index (κ2) is 6.67. The zero-order valence-electron chi connectivity index (χ0n) is 12.1. The Morgan fingerprint density at radius 3 is 2.71 bits per heavy atom. The van der Waals surface area contributed by atoms with E-state index in [0.717, 1.165) is 24.4 Å². The highest BCUT2D eigenvalue weighted by molar-refractivity contribution is 7.84. The van der Waals surface area contributed by atoms with E-state index in [-0.39, 0.29) is 5.56 Å². The minimum Gasteiger partial charge on any atom is -0.478 e. The molecule has 2 aromatic rings. The number of carboxylic acid groups (broad SMARTS) is 1. The molecule has 0 aliphatic carbocycles. The molecule has 21 heavy (non-hydrogen) atoms. The van der Waals surface area contributed by atoms with E-state index >= 15 is 0 Å². The summed E-state index contributed by atoms with van der Waals surface area (Å²) in [6.45, 7) is 4.74. The molecule has 0 aliphatic rings. The highest BCUT2D eigenvalue weighted by atomic mass is 32.2. The lowest BCUT2D eigenvalue weighted by Crippen LogP contribution is -2.06. The van der Waals surface area contributed by atoms with E-state index in [1.165, 1.54) is 12.1 Å². The lowest BCUT2D eigenvalue weighted by atomic mass is 10.2. The van der Waals surface area contributed by atoms with Gasteiger partial charge in [0.2, 0.25) is 0 Å². The van der Waals surface area contributed by atoms with Crippen molar-refractivity contribution in [3.8, 4) is 0 Å². The van der Waals surface area contributed by atoms with Crippen molar-refractivity contribution in [1.82, 2.24) is 9.78 Å². The lowest BCUT2D eigenvalue weighted by Gasteiger charge is -2.05. The molecule has 5 nitrogen and oxygen atoms in total. The van der Waals surface area contributed by atoms with Crippen LogP contribution in [0.4, 0.5) is 0 Å². The van der Waals surface area contributed by atoms with Gasteiger partial charge in [-0.2, -0.15) is 5.10 Å². The summed E-state index contributed by atoms with van der Waals surface area (Å²) in [5, 5.41) is 13.4. The van der Waals surface area contributed by atoms with E-state index in [1.54, 1.807) is 12.1 Å². The second-order valence-corrected chi connectivity index (χ2v) is 6.07. The summed E-state index contributed by atoms with van der Waals surface area (Å²) in [6, 6.07) is 8.23. The molecule has 0 saturated carbocycles. The van der Waals surface area contributed by atoms with Crippen LogP contribution in [0.2, 0.25) is 0 Å². The molecule has 0 spiro atoms. The van der Waals surface area contributed by atoms with Crippen molar-refractivity contribution in [1.29, 1.82) is 0 Å². The van der Waals surface area contributed by atoms with Crippen LogP contribution < -0.4 is 0 Å². The summed E-state index contributed by atoms with van der Waals surface area (Å²) >= 11 is 0. The first kappa shape index (κ1) is 15.4. The number of carbonyl (C=O) groups is 1. The number of rotatable bonds is 6. The molecule has 0 radical (unpaired) electrons. The van der Waals surface area contributed by atoms with Gasteiger partial charge in [-0.1, -0.05) is 13.0 Å². The third-order valence-electron chi connectivity index (χ3n) is 3.20. The van der Waals surface area contributed by atoms with Crippen molar-refractivity contribution in [3.63, 3.8) is 0 Å². The van der Waals surface area contributed by atoms with E-state index in [1.807, 2.05) is 24.6 Å². The largest absolute Gasteiger partial charge is 0.478 e. The normalized spacial score (nSPS) is 12.3. The summed E-state index contributed by atoms with van der Waals surface area (Å²) in [6.07, 6.45) is 0.834. The van der Waals surface area contributed by atoms with E-state index in [2.05, 4.69) is 5.10 Å².